The number of aromatic nitrogens is 5. The van der Waals surface area contributed by atoms with Crippen LogP contribution >= 0.6 is 0 Å². The second-order valence-corrected chi connectivity index (χ2v) is 4.23. The first-order valence-electron chi connectivity index (χ1n) is 6.01. The van der Waals surface area contributed by atoms with Crippen molar-refractivity contribution >= 4 is 5.69 Å². The van der Waals surface area contributed by atoms with Gasteiger partial charge in [-0.25, -0.2) is 14.6 Å². The van der Waals surface area contributed by atoms with E-state index in [1.165, 1.54) is 6.33 Å². The largest absolute Gasteiger partial charge is 0.379 e. The lowest BCUT2D eigenvalue weighted by Crippen LogP contribution is -2.00. The number of hydrogen-bond acceptors (Lipinski definition) is 4. The minimum Gasteiger partial charge on any atom is -0.379 e. The Hall–Kier alpha value is -2.63. The maximum Gasteiger partial charge on any atom is 0.138 e. The molecule has 2 heterocycles. The predicted octanol–water partition coefficient (Wildman–Crippen LogP) is 1.91. The fourth-order valence-corrected chi connectivity index (χ4v) is 1.83. The van der Waals surface area contributed by atoms with Crippen LogP contribution in [0.15, 0.2) is 43.1 Å². The summed E-state index contributed by atoms with van der Waals surface area (Å²) in [7, 11) is 0. The lowest BCUT2D eigenvalue weighted by atomic mass is 10.3. The van der Waals surface area contributed by atoms with E-state index >= 15 is 0 Å². The molecule has 0 aliphatic rings. The highest BCUT2D eigenvalue weighted by Gasteiger charge is 1.99. The molecule has 96 valence electrons. The van der Waals surface area contributed by atoms with E-state index in [9.17, 15) is 0 Å². The maximum atomic E-state index is 4.16. The molecule has 0 saturated carbocycles. The number of aryl methyl sites for hydroxylation is 1. The number of aromatic amines is 1. The molecule has 0 aliphatic carbocycles. The van der Waals surface area contributed by atoms with Gasteiger partial charge in [0.1, 0.15) is 18.5 Å². The van der Waals surface area contributed by atoms with Gasteiger partial charge in [0.15, 0.2) is 0 Å². The van der Waals surface area contributed by atoms with Gasteiger partial charge in [0.25, 0.3) is 0 Å². The van der Waals surface area contributed by atoms with E-state index in [1.54, 1.807) is 11.0 Å². The number of nitrogens with one attached hydrogen (secondary N) is 2. The van der Waals surface area contributed by atoms with Gasteiger partial charge in [-0.15, -0.1) is 0 Å². The Bertz CT molecular complexity index is 638. The number of hydrogen-bond donors (Lipinski definition) is 2. The number of rotatable bonds is 4. The number of imidazole rings is 1. The average molecular weight is 254 g/mol. The molecule has 0 saturated heterocycles. The zero-order valence-corrected chi connectivity index (χ0v) is 10.5. The van der Waals surface area contributed by atoms with E-state index in [0.717, 1.165) is 29.4 Å². The Labute approximate surface area is 110 Å². The second-order valence-electron chi connectivity index (χ2n) is 4.23. The van der Waals surface area contributed by atoms with Gasteiger partial charge in [0, 0.05) is 5.69 Å². The molecule has 0 spiro atoms. The van der Waals surface area contributed by atoms with Crippen molar-refractivity contribution in [3.05, 3.63) is 54.6 Å². The van der Waals surface area contributed by atoms with Crippen molar-refractivity contribution < 1.29 is 0 Å². The van der Waals surface area contributed by atoms with Gasteiger partial charge in [-0.05, 0) is 31.2 Å². The van der Waals surface area contributed by atoms with Crippen LogP contribution in [0.4, 0.5) is 5.69 Å². The van der Waals surface area contributed by atoms with Crippen LogP contribution in [0.25, 0.3) is 5.69 Å². The van der Waals surface area contributed by atoms with Crippen molar-refractivity contribution in [1.82, 2.24) is 24.7 Å². The summed E-state index contributed by atoms with van der Waals surface area (Å²) >= 11 is 0. The number of nitrogens with zero attached hydrogens (tertiary/aromatic N) is 4. The van der Waals surface area contributed by atoms with E-state index in [-0.39, 0.29) is 0 Å². The minimum absolute atomic E-state index is 0.726. The zero-order chi connectivity index (χ0) is 13.1. The van der Waals surface area contributed by atoms with Crippen LogP contribution in [-0.2, 0) is 6.54 Å². The van der Waals surface area contributed by atoms with Crippen LogP contribution in [0.3, 0.4) is 0 Å². The quantitative estimate of drug-likeness (QED) is 0.746. The van der Waals surface area contributed by atoms with E-state index in [4.69, 9.17) is 0 Å². The average Bonchev–Trinajstić information content (AvgIpc) is 3.08. The fourth-order valence-electron chi connectivity index (χ4n) is 1.83. The topological polar surface area (TPSA) is 71.4 Å². The summed E-state index contributed by atoms with van der Waals surface area (Å²) in [4.78, 5) is 11.3. The molecule has 3 aromatic rings. The SMILES string of the molecule is Cc1ncc(CNc2ccc(-n3cncn3)cc2)[nH]1. The van der Waals surface area contributed by atoms with Crippen molar-refractivity contribution in [1.29, 1.82) is 0 Å². The van der Waals surface area contributed by atoms with Crippen molar-refractivity contribution in [2.45, 2.75) is 13.5 Å². The zero-order valence-electron chi connectivity index (χ0n) is 10.5. The first-order chi connectivity index (χ1) is 9.31. The Morgan fingerprint density at radius 3 is 2.74 bits per heavy atom. The van der Waals surface area contributed by atoms with Crippen molar-refractivity contribution in [3.63, 3.8) is 0 Å². The normalized spacial score (nSPS) is 10.6. The summed E-state index contributed by atoms with van der Waals surface area (Å²) in [6.45, 7) is 2.67. The molecule has 0 aliphatic heterocycles. The first-order valence-corrected chi connectivity index (χ1v) is 6.01. The standard InChI is InChI=1S/C13H14N6/c1-10-15-6-12(18-10)7-16-11-2-4-13(5-3-11)19-9-14-8-17-19/h2-6,8-9,16H,7H2,1H3,(H,15,18). The van der Waals surface area contributed by atoms with E-state index in [2.05, 4.69) is 25.4 Å². The Morgan fingerprint density at radius 1 is 1.26 bits per heavy atom. The molecular formula is C13H14N6. The monoisotopic (exact) mass is 254 g/mol. The molecule has 3 rings (SSSR count). The molecule has 0 amide bonds. The Balaban J connectivity index is 1.66. The summed E-state index contributed by atoms with van der Waals surface area (Å²) < 4.78 is 1.72. The Morgan fingerprint density at radius 2 is 2.11 bits per heavy atom. The molecule has 1 aromatic carbocycles. The van der Waals surface area contributed by atoms with Gasteiger partial charge in [-0.2, -0.15) is 5.10 Å². The van der Waals surface area contributed by atoms with Gasteiger partial charge in [-0.1, -0.05) is 0 Å². The molecular weight excluding hydrogens is 240 g/mol. The molecule has 19 heavy (non-hydrogen) atoms. The van der Waals surface area contributed by atoms with Crippen molar-refractivity contribution in [2.75, 3.05) is 5.32 Å². The van der Waals surface area contributed by atoms with E-state index in [0.29, 0.717) is 0 Å². The van der Waals surface area contributed by atoms with Gasteiger partial charge in [0.05, 0.1) is 24.1 Å². The molecule has 2 aromatic heterocycles. The van der Waals surface area contributed by atoms with Crippen molar-refractivity contribution in [3.8, 4) is 5.69 Å². The number of H-pyrrole nitrogens is 1. The number of anilines is 1. The Kier molecular flexibility index (Phi) is 2.97. The third kappa shape index (κ3) is 2.62. The summed E-state index contributed by atoms with van der Waals surface area (Å²) in [5.74, 6) is 0.929. The first kappa shape index (κ1) is 11.5. The minimum atomic E-state index is 0.726. The number of benzene rings is 1. The third-order valence-electron chi connectivity index (χ3n) is 2.79. The highest BCUT2D eigenvalue weighted by Crippen LogP contribution is 2.13. The summed E-state index contributed by atoms with van der Waals surface area (Å²) in [5, 5.41) is 7.41. The van der Waals surface area contributed by atoms with Crippen LogP contribution in [0.5, 0.6) is 0 Å². The lowest BCUT2D eigenvalue weighted by molar-refractivity contribution is 0.879. The van der Waals surface area contributed by atoms with Crippen LogP contribution < -0.4 is 5.32 Å². The molecule has 0 unspecified atom stereocenters. The van der Waals surface area contributed by atoms with Crippen LogP contribution in [0.2, 0.25) is 0 Å². The van der Waals surface area contributed by atoms with Crippen LogP contribution in [0, 0.1) is 6.92 Å². The summed E-state index contributed by atoms with van der Waals surface area (Å²) in [6, 6.07) is 8.02. The fraction of sp³-hybridized carbons (Fsp3) is 0.154. The third-order valence-corrected chi connectivity index (χ3v) is 2.79. The van der Waals surface area contributed by atoms with Crippen LogP contribution in [-0.4, -0.2) is 24.7 Å². The lowest BCUT2D eigenvalue weighted by Gasteiger charge is -2.06. The smallest absolute Gasteiger partial charge is 0.138 e. The van der Waals surface area contributed by atoms with E-state index < -0.39 is 0 Å². The molecule has 0 bridgehead atoms. The van der Waals surface area contributed by atoms with Gasteiger partial charge >= 0.3 is 0 Å². The molecule has 0 radical (unpaired) electrons. The summed E-state index contributed by atoms with van der Waals surface area (Å²) in [5.41, 5.74) is 3.11. The molecule has 6 heteroatoms. The van der Waals surface area contributed by atoms with Gasteiger partial charge in [0.2, 0.25) is 0 Å². The molecule has 0 atom stereocenters. The molecule has 2 N–H and O–H groups in total. The molecule has 6 nitrogen and oxygen atoms in total. The maximum absolute atomic E-state index is 4.16. The summed E-state index contributed by atoms with van der Waals surface area (Å²) in [6.07, 6.45) is 5.04. The van der Waals surface area contributed by atoms with Crippen molar-refractivity contribution in [2.24, 2.45) is 0 Å². The highest BCUT2D eigenvalue weighted by atomic mass is 15.3. The molecule has 0 fully saturated rings. The van der Waals surface area contributed by atoms with Gasteiger partial charge in [-0.3, -0.25) is 0 Å². The van der Waals surface area contributed by atoms with Gasteiger partial charge < -0.3 is 10.3 Å². The van der Waals surface area contributed by atoms with E-state index in [1.807, 2.05) is 37.4 Å². The highest BCUT2D eigenvalue weighted by molar-refractivity contribution is 5.48. The van der Waals surface area contributed by atoms with Crippen LogP contribution in [0.1, 0.15) is 11.5 Å². The second kappa shape index (κ2) is 4.93. The predicted molar refractivity (Wildman–Crippen MR) is 72.0 cm³/mol.